The molecule has 4 heteroatoms. The Morgan fingerprint density at radius 3 is 2.09 bits per heavy atom. The summed E-state index contributed by atoms with van der Waals surface area (Å²) in [5.74, 6) is -2.61. The highest BCUT2D eigenvalue weighted by Crippen LogP contribution is 2.16. The van der Waals surface area contributed by atoms with E-state index in [4.69, 9.17) is 15.5 Å². The molecule has 0 bridgehead atoms. The van der Waals surface area contributed by atoms with Gasteiger partial charge in [0.2, 0.25) is 0 Å². The molecule has 3 N–H and O–H groups in total. The van der Waals surface area contributed by atoms with Crippen LogP contribution in [-0.2, 0) is 10.9 Å². The van der Waals surface area contributed by atoms with Gasteiger partial charge in [-0.1, -0.05) is 30.3 Å². The lowest BCUT2D eigenvalue weighted by Gasteiger charge is -2.16. The van der Waals surface area contributed by atoms with Gasteiger partial charge in [-0.15, -0.1) is 0 Å². The molecule has 60 valence electrons. The van der Waals surface area contributed by atoms with Crippen LogP contribution in [-0.4, -0.2) is 15.5 Å². The first-order valence-electron chi connectivity index (χ1n) is 2.99. The average molecular weight is 156 g/mol. The van der Waals surface area contributed by atoms with Crippen LogP contribution < -0.4 is 0 Å². The van der Waals surface area contributed by atoms with E-state index in [0.29, 0.717) is 0 Å². The second-order valence-electron chi connectivity index (χ2n) is 2.07. The van der Waals surface area contributed by atoms with Crippen LogP contribution in [0.2, 0.25) is 0 Å². The van der Waals surface area contributed by atoms with E-state index in [1.165, 1.54) is 12.1 Å². The Balaban J connectivity index is 2.93. The molecule has 1 aromatic rings. The fraction of sp³-hybridized carbons (Fsp3) is 0.143. The fourth-order valence-electron chi connectivity index (χ4n) is 0.708. The number of aliphatic hydroxyl groups is 2. The highest BCUT2D eigenvalue weighted by Gasteiger charge is 2.26. The van der Waals surface area contributed by atoms with Crippen molar-refractivity contribution >= 4 is 0 Å². The number of hydrogen-bond acceptors (Lipinski definition) is 4. The van der Waals surface area contributed by atoms with Gasteiger partial charge < -0.3 is 10.2 Å². The van der Waals surface area contributed by atoms with Crippen molar-refractivity contribution in [3.63, 3.8) is 0 Å². The Morgan fingerprint density at radius 2 is 1.64 bits per heavy atom. The second-order valence-corrected chi connectivity index (χ2v) is 2.07. The first kappa shape index (κ1) is 8.16. The van der Waals surface area contributed by atoms with Crippen LogP contribution in [0, 0.1) is 0 Å². The predicted octanol–water partition coefficient (Wildman–Crippen LogP) is 0.271. The lowest BCUT2D eigenvalue weighted by Crippen LogP contribution is -2.27. The zero-order valence-electron chi connectivity index (χ0n) is 5.64. The van der Waals surface area contributed by atoms with Gasteiger partial charge in [-0.05, 0) is 0 Å². The molecule has 0 aliphatic heterocycles. The highest BCUT2D eigenvalue weighted by atomic mass is 17.2. The molecule has 0 radical (unpaired) electrons. The Labute approximate surface area is 63.2 Å². The highest BCUT2D eigenvalue weighted by molar-refractivity contribution is 5.17. The second kappa shape index (κ2) is 2.98. The van der Waals surface area contributed by atoms with E-state index in [2.05, 4.69) is 4.89 Å². The SMILES string of the molecule is OOC(O)(O)c1ccccc1. The van der Waals surface area contributed by atoms with E-state index in [9.17, 15) is 0 Å². The van der Waals surface area contributed by atoms with E-state index in [-0.39, 0.29) is 5.56 Å². The van der Waals surface area contributed by atoms with Gasteiger partial charge in [0.05, 0.1) is 0 Å². The van der Waals surface area contributed by atoms with E-state index >= 15 is 0 Å². The fourth-order valence-corrected chi connectivity index (χ4v) is 0.708. The molecule has 0 fully saturated rings. The van der Waals surface area contributed by atoms with Crippen molar-refractivity contribution in [2.45, 2.75) is 5.97 Å². The first-order valence-corrected chi connectivity index (χ1v) is 2.99. The molecule has 4 nitrogen and oxygen atoms in total. The van der Waals surface area contributed by atoms with Crippen LogP contribution in [0.1, 0.15) is 5.56 Å². The van der Waals surface area contributed by atoms with Crippen LogP contribution in [0.15, 0.2) is 30.3 Å². The van der Waals surface area contributed by atoms with Crippen molar-refractivity contribution in [1.82, 2.24) is 0 Å². The Kier molecular flexibility index (Phi) is 2.21. The molecule has 11 heavy (non-hydrogen) atoms. The van der Waals surface area contributed by atoms with Crippen LogP contribution in [0.25, 0.3) is 0 Å². The van der Waals surface area contributed by atoms with Gasteiger partial charge in [0.25, 0.3) is 0 Å². The molecular weight excluding hydrogens is 148 g/mol. The minimum Gasteiger partial charge on any atom is -0.338 e. The summed E-state index contributed by atoms with van der Waals surface area (Å²) in [5.41, 5.74) is 0.0718. The molecule has 0 saturated carbocycles. The lowest BCUT2D eigenvalue weighted by atomic mass is 10.2. The van der Waals surface area contributed by atoms with Gasteiger partial charge >= 0.3 is 5.97 Å². The molecule has 0 aliphatic carbocycles. The van der Waals surface area contributed by atoms with Crippen molar-refractivity contribution in [3.05, 3.63) is 35.9 Å². The molecule has 1 aromatic carbocycles. The summed E-state index contributed by atoms with van der Waals surface area (Å²) in [6.07, 6.45) is 0. The zero-order chi connectivity index (χ0) is 8.32. The largest absolute Gasteiger partial charge is 0.338 e. The third-order valence-electron chi connectivity index (χ3n) is 1.28. The molecule has 0 aliphatic rings. The molecule has 0 amide bonds. The van der Waals surface area contributed by atoms with Crippen LogP contribution in [0.3, 0.4) is 0 Å². The van der Waals surface area contributed by atoms with Gasteiger partial charge in [-0.2, -0.15) is 4.89 Å². The summed E-state index contributed by atoms with van der Waals surface area (Å²) in [6.45, 7) is 0. The molecule has 0 saturated heterocycles. The zero-order valence-corrected chi connectivity index (χ0v) is 5.64. The number of benzene rings is 1. The molecule has 0 unspecified atom stereocenters. The third kappa shape index (κ3) is 1.75. The maximum Gasteiger partial charge on any atom is 0.335 e. The third-order valence-corrected chi connectivity index (χ3v) is 1.28. The van der Waals surface area contributed by atoms with Crippen molar-refractivity contribution < 1.29 is 20.4 Å². The normalized spacial score (nSPS) is 11.5. The maximum absolute atomic E-state index is 8.88. The molecular formula is C7H8O4. The minimum atomic E-state index is -2.61. The van der Waals surface area contributed by atoms with Gasteiger partial charge in [0.15, 0.2) is 0 Å². The van der Waals surface area contributed by atoms with E-state index in [0.717, 1.165) is 0 Å². The van der Waals surface area contributed by atoms with E-state index < -0.39 is 5.97 Å². The lowest BCUT2D eigenvalue weighted by molar-refractivity contribution is -0.480. The summed E-state index contributed by atoms with van der Waals surface area (Å²) in [7, 11) is 0. The van der Waals surface area contributed by atoms with Crippen molar-refractivity contribution in [2.75, 3.05) is 0 Å². The summed E-state index contributed by atoms with van der Waals surface area (Å²) < 4.78 is 0. The molecule has 1 rings (SSSR count). The Morgan fingerprint density at radius 1 is 1.09 bits per heavy atom. The number of rotatable bonds is 2. The monoisotopic (exact) mass is 156 g/mol. The summed E-state index contributed by atoms with van der Waals surface area (Å²) in [5, 5.41) is 25.8. The van der Waals surface area contributed by atoms with Crippen LogP contribution in [0.4, 0.5) is 0 Å². The van der Waals surface area contributed by atoms with Crippen molar-refractivity contribution in [1.29, 1.82) is 0 Å². The molecule has 0 aromatic heterocycles. The molecule has 0 heterocycles. The number of hydrogen-bond donors (Lipinski definition) is 3. The van der Waals surface area contributed by atoms with Crippen LogP contribution >= 0.6 is 0 Å². The smallest absolute Gasteiger partial charge is 0.335 e. The molecule has 0 spiro atoms. The van der Waals surface area contributed by atoms with E-state index in [1.54, 1.807) is 18.2 Å². The van der Waals surface area contributed by atoms with Gasteiger partial charge in [0, 0.05) is 5.56 Å². The Hall–Kier alpha value is -0.940. The summed E-state index contributed by atoms with van der Waals surface area (Å²) >= 11 is 0. The van der Waals surface area contributed by atoms with Crippen LogP contribution in [0.5, 0.6) is 0 Å². The summed E-state index contributed by atoms with van der Waals surface area (Å²) in [6, 6.07) is 7.72. The van der Waals surface area contributed by atoms with Gasteiger partial charge in [0.1, 0.15) is 0 Å². The topological polar surface area (TPSA) is 69.9 Å². The van der Waals surface area contributed by atoms with Crippen molar-refractivity contribution in [2.24, 2.45) is 0 Å². The quantitative estimate of drug-likeness (QED) is 0.326. The van der Waals surface area contributed by atoms with E-state index in [1.807, 2.05) is 0 Å². The van der Waals surface area contributed by atoms with Gasteiger partial charge in [-0.3, -0.25) is 0 Å². The molecule has 0 atom stereocenters. The average Bonchev–Trinajstić information content (AvgIpc) is 2.06. The van der Waals surface area contributed by atoms with Gasteiger partial charge in [-0.25, -0.2) is 5.26 Å². The Bertz CT molecular complexity index is 219. The maximum atomic E-state index is 8.88. The van der Waals surface area contributed by atoms with Crippen molar-refractivity contribution in [3.8, 4) is 0 Å². The first-order chi connectivity index (χ1) is 5.17. The predicted molar refractivity (Wildman–Crippen MR) is 36.3 cm³/mol. The minimum absolute atomic E-state index is 0.0718. The standard InChI is InChI=1S/C7H8O4/c8-7(9,11-10)6-4-2-1-3-5-6/h1-5,8-10H. The summed E-state index contributed by atoms with van der Waals surface area (Å²) in [4.78, 5) is 3.43.